The van der Waals surface area contributed by atoms with Gasteiger partial charge < -0.3 is 25.4 Å². The smallest absolute Gasteiger partial charge is 0.232 e. The van der Waals surface area contributed by atoms with Crippen molar-refractivity contribution in [3.8, 4) is 17.9 Å². The molecular formula is C24H28N10O2. The average Bonchev–Trinajstić information content (AvgIpc) is 3.59. The minimum Gasteiger partial charge on any atom is -0.492 e. The Labute approximate surface area is 208 Å². The Balaban J connectivity index is 1.49. The van der Waals surface area contributed by atoms with Crippen molar-refractivity contribution in [3.63, 3.8) is 0 Å². The summed E-state index contributed by atoms with van der Waals surface area (Å²) in [7, 11) is 1.59. The molecule has 36 heavy (non-hydrogen) atoms. The van der Waals surface area contributed by atoms with Gasteiger partial charge in [0.1, 0.15) is 11.6 Å². The number of hydrogen-bond acceptors (Lipinski definition) is 11. The summed E-state index contributed by atoms with van der Waals surface area (Å²) in [6, 6.07) is 8.20. The lowest BCUT2D eigenvalue weighted by Crippen LogP contribution is -2.48. The highest BCUT2D eigenvalue weighted by molar-refractivity contribution is 5.78. The molecule has 5 rings (SSSR count). The Bertz CT molecular complexity index is 1340. The molecule has 1 atom stereocenters. The summed E-state index contributed by atoms with van der Waals surface area (Å²) in [5.41, 5.74) is 2.56. The van der Waals surface area contributed by atoms with E-state index in [2.05, 4.69) is 47.6 Å². The van der Waals surface area contributed by atoms with Crippen molar-refractivity contribution in [3.05, 3.63) is 29.5 Å². The fourth-order valence-electron chi connectivity index (χ4n) is 4.40. The number of fused-ring (bicyclic) bond motifs is 1. The van der Waals surface area contributed by atoms with Crippen molar-refractivity contribution in [1.29, 1.82) is 10.5 Å². The minimum atomic E-state index is -0.377. The molecule has 2 aromatic heterocycles. The van der Waals surface area contributed by atoms with E-state index in [-0.39, 0.29) is 12.1 Å². The molecule has 0 bridgehead atoms. The number of benzene rings is 1. The van der Waals surface area contributed by atoms with Crippen LogP contribution in [0.1, 0.15) is 30.9 Å². The molecule has 0 amide bonds. The number of ether oxygens (including phenoxy) is 1. The molecule has 3 heterocycles. The molecular weight excluding hydrogens is 460 g/mol. The van der Waals surface area contributed by atoms with Gasteiger partial charge in [-0.2, -0.15) is 30.1 Å². The van der Waals surface area contributed by atoms with Crippen molar-refractivity contribution in [2.45, 2.75) is 31.9 Å². The van der Waals surface area contributed by atoms with Gasteiger partial charge in [0.15, 0.2) is 11.4 Å². The monoisotopic (exact) mass is 488 g/mol. The lowest BCUT2D eigenvalue weighted by atomic mass is 10.1. The van der Waals surface area contributed by atoms with Crippen LogP contribution in [0.3, 0.4) is 0 Å². The summed E-state index contributed by atoms with van der Waals surface area (Å²) >= 11 is 0. The molecule has 1 aromatic carbocycles. The van der Waals surface area contributed by atoms with Crippen molar-refractivity contribution < 1.29 is 9.84 Å². The molecule has 3 N–H and O–H groups in total. The summed E-state index contributed by atoms with van der Waals surface area (Å²) in [4.78, 5) is 13.5. The fourth-order valence-corrected chi connectivity index (χ4v) is 4.40. The van der Waals surface area contributed by atoms with Gasteiger partial charge in [-0.15, -0.1) is 0 Å². The minimum absolute atomic E-state index is 0.267. The van der Waals surface area contributed by atoms with Crippen LogP contribution in [-0.2, 0) is 0 Å². The normalized spacial score (nSPS) is 16.9. The van der Waals surface area contributed by atoms with Crippen LogP contribution >= 0.6 is 0 Å². The molecule has 3 aromatic rings. The standard InChI is InChI=1S/C24H28N10O2/c1-15(35)14-32-5-7-33(8-6-32)20-10-16(11-25)9-19(21(20)36-2)29-23-30-22-17(12-26)13-27-34(22)24(31-23)28-18-3-4-18/h9-10,13,15,18,35H,3-8,14H2,1-2H3,(H2,28,29,30,31)/t15-/m0/s1. The van der Waals surface area contributed by atoms with Crippen molar-refractivity contribution in [2.24, 2.45) is 0 Å². The number of nitrogens with one attached hydrogen (secondary N) is 2. The van der Waals surface area contributed by atoms with Gasteiger partial charge in [0, 0.05) is 38.8 Å². The van der Waals surface area contributed by atoms with E-state index in [9.17, 15) is 15.6 Å². The Hall–Kier alpha value is -4.13. The molecule has 186 valence electrons. The van der Waals surface area contributed by atoms with Crippen LogP contribution in [0.2, 0.25) is 0 Å². The van der Waals surface area contributed by atoms with E-state index >= 15 is 0 Å². The van der Waals surface area contributed by atoms with Crippen molar-refractivity contribution in [1.82, 2.24) is 24.5 Å². The van der Waals surface area contributed by atoms with Crippen molar-refractivity contribution >= 4 is 28.9 Å². The van der Waals surface area contributed by atoms with Crippen LogP contribution < -0.4 is 20.3 Å². The van der Waals surface area contributed by atoms with Gasteiger partial charge in [0.05, 0.1) is 42.4 Å². The van der Waals surface area contributed by atoms with Gasteiger partial charge in [-0.25, -0.2) is 0 Å². The quantitative estimate of drug-likeness (QED) is 0.425. The van der Waals surface area contributed by atoms with Crippen LogP contribution in [0.5, 0.6) is 5.75 Å². The third-order valence-corrected chi connectivity index (χ3v) is 6.28. The lowest BCUT2D eigenvalue weighted by Gasteiger charge is -2.37. The van der Waals surface area contributed by atoms with Crippen molar-refractivity contribution in [2.75, 3.05) is 55.4 Å². The van der Waals surface area contributed by atoms with E-state index in [1.807, 2.05) is 6.07 Å². The number of methoxy groups -OCH3 is 1. The van der Waals surface area contributed by atoms with Gasteiger partial charge in [-0.05, 0) is 31.9 Å². The second-order valence-electron chi connectivity index (χ2n) is 9.14. The summed E-state index contributed by atoms with van der Waals surface area (Å²) < 4.78 is 7.34. The Kier molecular flexibility index (Phi) is 6.46. The number of aliphatic hydroxyl groups is 1. The Morgan fingerprint density at radius 3 is 2.58 bits per heavy atom. The molecule has 12 nitrogen and oxygen atoms in total. The fraction of sp³-hybridized carbons (Fsp3) is 0.458. The summed E-state index contributed by atoms with van der Waals surface area (Å²) in [6.07, 6.45) is 3.19. The first kappa shape index (κ1) is 23.6. The van der Waals surface area contributed by atoms with E-state index in [0.29, 0.717) is 46.7 Å². The second-order valence-corrected chi connectivity index (χ2v) is 9.14. The number of hydrogen-bond donors (Lipinski definition) is 3. The molecule has 0 spiro atoms. The highest BCUT2D eigenvalue weighted by Crippen LogP contribution is 2.39. The number of anilines is 4. The largest absolute Gasteiger partial charge is 0.492 e. The van der Waals surface area contributed by atoms with E-state index in [4.69, 9.17) is 4.74 Å². The first-order valence-corrected chi connectivity index (χ1v) is 12.0. The predicted molar refractivity (Wildman–Crippen MR) is 133 cm³/mol. The third-order valence-electron chi connectivity index (χ3n) is 6.28. The van der Waals surface area contributed by atoms with E-state index < -0.39 is 0 Å². The Morgan fingerprint density at radius 2 is 1.94 bits per heavy atom. The highest BCUT2D eigenvalue weighted by Gasteiger charge is 2.26. The van der Waals surface area contributed by atoms with E-state index in [0.717, 1.165) is 44.7 Å². The van der Waals surface area contributed by atoms with Gasteiger partial charge in [0.2, 0.25) is 11.9 Å². The molecule has 1 saturated heterocycles. The first-order valence-electron chi connectivity index (χ1n) is 12.0. The molecule has 1 aliphatic heterocycles. The van der Waals surface area contributed by atoms with Gasteiger partial charge in [-0.1, -0.05) is 0 Å². The van der Waals surface area contributed by atoms with E-state index in [1.165, 1.54) is 10.7 Å². The predicted octanol–water partition coefficient (Wildman–Crippen LogP) is 1.70. The number of nitrogens with zero attached hydrogens (tertiary/aromatic N) is 8. The summed E-state index contributed by atoms with van der Waals surface area (Å²) in [5, 5.41) is 39.8. The molecule has 2 aliphatic rings. The summed E-state index contributed by atoms with van der Waals surface area (Å²) in [6.45, 7) is 5.47. The van der Waals surface area contributed by atoms with E-state index in [1.54, 1.807) is 20.1 Å². The van der Waals surface area contributed by atoms with Crippen LogP contribution in [0.25, 0.3) is 5.65 Å². The number of β-amino-alcohol motifs (C(OH)–C–C–N with tert-alkyl or cyclic N) is 1. The maximum absolute atomic E-state index is 9.73. The number of piperazine rings is 1. The number of aromatic nitrogens is 4. The number of nitriles is 2. The van der Waals surface area contributed by atoms with Crippen LogP contribution in [-0.4, -0.2) is 81.6 Å². The molecule has 1 saturated carbocycles. The Morgan fingerprint density at radius 1 is 1.17 bits per heavy atom. The van der Waals surface area contributed by atoms with Crippen LogP contribution in [0, 0.1) is 22.7 Å². The van der Waals surface area contributed by atoms with Gasteiger partial charge >= 0.3 is 0 Å². The van der Waals surface area contributed by atoms with Crippen LogP contribution in [0.15, 0.2) is 18.3 Å². The lowest BCUT2D eigenvalue weighted by molar-refractivity contribution is 0.122. The molecule has 2 fully saturated rings. The third kappa shape index (κ3) is 4.82. The second kappa shape index (κ2) is 9.85. The zero-order valence-corrected chi connectivity index (χ0v) is 20.3. The first-order chi connectivity index (χ1) is 17.5. The maximum Gasteiger partial charge on any atom is 0.232 e. The molecule has 1 aliphatic carbocycles. The van der Waals surface area contributed by atoms with Crippen LogP contribution in [0.4, 0.5) is 23.3 Å². The summed E-state index contributed by atoms with van der Waals surface area (Å²) in [5.74, 6) is 1.34. The van der Waals surface area contributed by atoms with Gasteiger partial charge in [0.25, 0.3) is 0 Å². The average molecular weight is 489 g/mol. The zero-order chi connectivity index (χ0) is 25.2. The maximum atomic E-state index is 9.73. The SMILES string of the molecule is COc1c(Nc2nc(NC3CC3)n3ncc(C#N)c3n2)cc(C#N)cc1N1CCN(C[C@H](C)O)CC1. The zero-order valence-electron chi connectivity index (χ0n) is 20.3. The highest BCUT2D eigenvalue weighted by atomic mass is 16.5. The number of aliphatic hydroxyl groups excluding tert-OH is 1. The van der Waals surface area contributed by atoms with Gasteiger partial charge in [-0.3, -0.25) is 4.90 Å². The molecule has 12 heteroatoms. The number of rotatable bonds is 8. The molecule has 0 radical (unpaired) electrons. The molecule has 0 unspecified atom stereocenters. The topological polar surface area (TPSA) is 151 Å².